The van der Waals surface area contributed by atoms with Gasteiger partial charge in [-0.15, -0.1) is 11.3 Å². The first-order chi connectivity index (χ1) is 11.7. The number of hydrogen-bond donors (Lipinski definition) is 0. The topological polar surface area (TPSA) is 36.4 Å². The Kier molecular flexibility index (Phi) is 4.37. The number of hydrogen-bond acceptors (Lipinski definition) is 4. The van der Waals surface area contributed by atoms with E-state index in [1.807, 2.05) is 23.6 Å². The fourth-order valence-corrected chi connectivity index (χ4v) is 4.60. The molecule has 1 aliphatic heterocycles. The van der Waals surface area contributed by atoms with E-state index >= 15 is 0 Å². The van der Waals surface area contributed by atoms with Gasteiger partial charge in [0.1, 0.15) is 0 Å². The maximum atomic E-state index is 12.7. The number of rotatable bonds is 4. The van der Waals surface area contributed by atoms with Gasteiger partial charge in [-0.2, -0.15) is 0 Å². The molecule has 2 atom stereocenters. The summed E-state index contributed by atoms with van der Waals surface area (Å²) < 4.78 is 0. The highest BCUT2D eigenvalue weighted by atomic mass is 32.1. The second-order valence-corrected chi connectivity index (χ2v) is 8.18. The van der Waals surface area contributed by atoms with Gasteiger partial charge in [0.05, 0.1) is 0 Å². The minimum Gasteiger partial charge on any atom is -0.340 e. The van der Waals surface area contributed by atoms with Crippen LogP contribution in [0, 0.1) is 12.8 Å². The van der Waals surface area contributed by atoms with Crippen LogP contribution >= 0.6 is 11.3 Å². The second kappa shape index (κ2) is 6.65. The summed E-state index contributed by atoms with van der Waals surface area (Å²) in [7, 11) is 0. The molecule has 5 heteroatoms. The van der Waals surface area contributed by atoms with Gasteiger partial charge in [-0.3, -0.25) is 14.7 Å². The van der Waals surface area contributed by atoms with Crippen LogP contribution in [0.1, 0.15) is 27.7 Å². The maximum Gasteiger partial charge on any atom is 0.226 e. The Morgan fingerprint density at radius 3 is 2.75 bits per heavy atom. The molecule has 4 rings (SSSR count). The molecular weight excluding hydrogens is 318 g/mol. The number of aromatic nitrogens is 1. The molecule has 0 unspecified atom stereocenters. The Hall–Kier alpha value is -1.72. The van der Waals surface area contributed by atoms with Crippen LogP contribution < -0.4 is 0 Å². The van der Waals surface area contributed by atoms with Crippen molar-refractivity contribution in [1.82, 2.24) is 14.8 Å². The zero-order chi connectivity index (χ0) is 16.5. The predicted octanol–water partition coefficient (Wildman–Crippen LogP) is 2.90. The molecule has 0 bridgehead atoms. The van der Waals surface area contributed by atoms with E-state index < -0.39 is 0 Å². The molecule has 4 nitrogen and oxygen atoms in total. The number of amides is 1. The van der Waals surface area contributed by atoms with Crippen molar-refractivity contribution in [2.24, 2.45) is 5.92 Å². The van der Waals surface area contributed by atoms with Crippen LogP contribution in [0.5, 0.6) is 0 Å². The van der Waals surface area contributed by atoms with Gasteiger partial charge >= 0.3 is 0 Å². The lowest BCUT2D eigenvalue weighted by Gasteiger charge is -2.35. The molecule has 2 aromatic rings. The minimum absolute atomic E-state index is 0.230. The van der Waals surface area contributed by atoms with Gasteiger partial charge < -0.3 is 4.90 Å². The number of nitrogens with zero attached hydrogens (tertiary/aromatic N) is 3. The summed E-state index contributed by atoms with van der Waals surface area (Å²) in [5.74, 6) is 1.07. The van der Waals surface area contributed by atoms with Crippen LogP contribution in [0.2, 0.25) is 0 Å². The molecular formula is C19H23N3OS. The number of pyridine rings is 1. The fraction of sp³-hybridized carbons (Fsp3) is 0.474. The van der Waals surface area contributed by atoms with E-state index in [1.165, 1.54) is 15.3 Å². The number of thiophene rings is 1. The van der Waals surface area contributed by atoms with E-state index in [0.717, 1.165) is 39.1 Å². The molecule has 1 amide bonds. The van der Waals surface area contributed by atoms with Gasteiger partial charge in [0, 0.05) is 66.7 Å². The lowest BCUT2D eigenvalue weighted by atomic mass is 10.2. The second-order valence-electron chi connectivity index (χ2n) is 6.86. The number of aryl methyl sites for hydroxylation is 1. The van der Waals surface area contributed by atoms with Crippen molar-refractivity contribution >= 4 is 17.2 Å². The molecule has 1 saturated heterocycles. The summed E-state index contributed by atoms with van der Waals surface area (Å²) in [5.41, 5.74) is 1.24. The molecule has 0 radical (unpaired) electrons. The smallest absolute Gasteiger partial charge is 0.226 e. The molecule has 0 spiro atoms. The van der Waals surface area contributed by atoms with E-state index in [-0.39, 0.29) is 5.92 Å². The lowest BCUT2D eigenvalue weighted by molar-refractivity contribution is -0.134. The lowest BCUT2D eigenvalue weighted by Crippen LogP contribution is -2.48. The summed E-state index contributed by atoms with van der Waals surface area (Å²) in [4.78, 5) is 24.1. The zero-order valence-electron chi connectivity index (χ0n) is 14.0. The molecule has 1 saturated carbocycles. The molecule has 1 aliphatic carbocycles. The summed E-state index contributed by atoms with van der Waals surface area (Å²) in [6.07, 6.45) is 4.77. The average Bonchev–Trinajstić information content (AvgIpc) is 3.30. The SMILES string of the molecule is Cc1ccc([C@H]2C[C@H]2C(=O)N2CCN(Cc3cccnc3)CC2)s1. The van der Waals surface area contributed by atoms with Crippen LogP contribution in [-0.4, -0.2) is 46.9 Å². The van der Waals surface area contributed by atoms with E-state index in [0.29, 0.717) is 11.8 Å². The van der Waals surface area contributed by atoms with Gasteiger partial charge in [0.2, 0.25) is 5.91 Å². The van der Waals surface area contributed by atoms with E-state index in [9.17, 15) is 4.79 Å². The van der Waals surface area contributed by atoms with Crippen molar-refractivity contribution in [3.63, 3.8) is 0 Å². The molecule has 2 aliphatic rings. The Balaban J connectivity index is 1.28. The van der Waals surface area contributed by atoms with Crippen molar-refractivity contribution in [3.8, 4) is 0 Å². The monoisotopic (exact) mass is 341 g/mol. The summed E-state index contributed by atoms with van der Waals surface area (Å²) in [5, 5.41) is 0. The van der Waals surface area contributed by atoms with Crippen LogP contribution in [0.15, 0.2) is 36.7 Å². The molecule has 126 valence electrons. The predicted molar refractivity (Wildman–Crippen MR) is 96.0 cm³/mol. The minimum atomic E-state index is 0.230. The van der Waals surface area contributed by atoms with Crippen LogP contribution in [0.3, 0.4) is 0 Å². The number of carbonyl (C=O) groups excluding carboxylic acids is 1. The van der Waals surface area contributed by atoms with Crippen molar-refractivity contribution in [2.75, 3.05) is 26.2 Å². The summed E-state index contributed by atoms with van der Waals surface area (Å²) in [6, 6.07) is 8.46. The Bertz CT molecular complexity index is 706. The Labute approximate surface area is 147 Å². The molecule has 24 heavy (non-hydrogen) atoms. The normalized spacial score (nSPS) is 24.1. The highest BCUT2D eigenvalue weighted by molar-refractivity contribution is 7.12. The van der Waals surface area contributed by atoms with Gasteiger partial charge in [-0.1, -0.05) is 6.07 Å². The zero-order valence-corrected chi connectivity index (χ0v) is 14.8. The third-order valence-electron chi connectivity index (χ3n) is 5.05. The van der Waals surface area contributed by atoms with Crippen LogP contribution in [-0.2, 0) is 11.3 Å². The molecule has 2 fully saturated rings. The quantitative estimate of drug-likeness (QED) is 0.858. The largest absolute Gasteiger partial charge is 0.340 e. The van der Waals surface area contributed by atoms with Crippen molar-refractivity contribution in [1.29, 1.82) is 0 Å². The summed E-state index contributed by atoms with van der Waals surface area (Å²) in [6.45, 7) is 6.68. The number of carbonyl (C=O) groups is 1. The van der Waals surface area contributed by atoms with E-state index in [1.54, 1.807) is 6.20 Å². The standard InChI is InChI=1S/C19H23N3OS/c1-14-4-5-18(24-14)16-11-17(16)19(23)22-9-7-21(8-10-22)13-15-3-2-6-20-12-15/h2-6,12,16-17H,7-11,13H2,1H3/t16-,17+/m0/s1. The van der Waals surface area contributed by atoms with Crippen LogP contribution in [0.25, 0.3) is 0 Å². The highest BCUT2D eigenvalue weighted by Gasteiger charge is 2.46. The van der Waals surface area contributed by atoms with Gasteiger partial charge in [0.15, 0.2) is 0 Å². The fourth-order valence-electron chi connectivity index (χ4n) is 3.55. The van der Waals surface area contributed by atoms with Gasteiger partial charge in [-0.05, 0) is 37.1 Å². The molecule has 2 aromatic heterocycles. The summed E-state index contributed by atoms with van der Waals surface area (Å²) >= 11 is 1.84. The molecule has 0 aromatic carbocycles. The van der Waals surface area contributed by atoms with E-state index in [4.69, 9.17) is 0 Å². The molecule has 3 heterocycles. The first kappa shape index (κ1) is 15.8. The Morgan fingerprint density at radius 1 is 1.25 bits per heavy atom. The molecule has 0 N–H and O–H groups in total. The first-order valence-electron chi connectivity index (χ1n) is 8.67. The first-order valence-corrected chi connectivity index (χ1v) is 9.49. The van der Waals surface area contributed by atoms with Crippen molar-refractivity contribution in [3.05, 3.63) is 52.0 Å². The van der Waals surface area contributed by atoms with Crippen LogP contribution in [0.4, 0.5) is 0 Å². The van der Waals surface area contributed by atoms with Gasteiger partial charge in [0.25, 0.3) is 0 Å². The third-order valence-corrected chi connectivity index (χ3v) is 6.18. The number of piperazine rings is 1. The Morgan fingerprint density at radius 2 is 2.08 bits per heavy atom. The maximum absolute atomic E-state index is 12.7. The third kappa shape index (κ3) is 3.37. The van der Waals surface area contributed by atoms with E-state index in [2.05, 4.69) is 39.9 Å². The van der Waals surface area contributed by atoms with Gasteiger partial charge in [-0.25, -0.2) is 0 Å². The van der Waals surface area contributed by atoms with Crippen molar-refractivity contribution < 1.29 is 4.79 Å². The van der Waals surface area contributed by atoms with Crippen molar-refractivity contribution in [2.45, 2.75) is 25.8 Å². The highest BCUT2D eigenvalue weighted by Crippen LogP contribution is 2.50. The average molecular weight is 341 g/mol.